The first-order chi connectivity index (χ1) is 12.3. The highest BCUT2D eigenvalue weighted by molar-refractivity contribution is 5.74. The predicted molar refractivity (Wildman–Crippen MR) is 104 cm³/mol. The minimum Gasteiger partial charge on any atom is -0.497 e. The summed E-state index contributed by atoms with van der Waals surface area (Å²) in [5, 5.41) is 0. The predicted octanol–water partition coefficient (Wildman–Crippen LogP) is 5.79. The second kappa shape index (κ2) is 8.20. The molecule has 25 heavy (non-hydrogen) atoms. The summed E-state index contributed by atoms with van der Waals surface area (Å²) in [7, 11) is 1.67. The van der Waals surface area contributed by atoms with E-state index < -0.39 is 0 Å². The highest BCUT2D eigenvalue weighted by atomic mass is 16.5. The number of hydrogen-bond acceptors (Lipinski definition) is 2. The van der Waals surface area contributed by atoms with Gasteiger partial charge in [-0.25, -0.2) is 0 Å². The van der Waals surface area contributed by atoms with Crippen LogP contribution in [-0.2, 0) is 6.61 Å². The summed E-state index contributed by atoms with van der Waals surface area (Å²) in [5.74, 6) is 1.67. The molecule has 0 aliphatic carbocycles. The molecule has 3 aromatic rings. The molecular weight excluding hydrogens is 308 g/mol. The van der Waals surface area contributed by atoms with Crippen LogP contribution in [0, 0.1) is 6.92 Å². The van der Waals surface area contributed by atoms with Crippen LogP contribution in [0.4, 0.5) is 0 Å². The van der Waals surface area contributed by atoms with Crippen LogP contribution in [-0.4, -0.2) is 7.11 Å². The third kappa shape index (κ3) is 4.30. The Morgan fingerprint density at radius 1 is 0.920 bits per heavy atom. The molecule has 0 saturated heterocycles. The zero-order valence-corrected chi connectivity index (χ0v) is 14.3. The highest BCUT2D eigenvalue weighted by Crippen LogP contribution is 2.33. The summed E-state index contributed by atoms with van der Waals surface area (Å²) in [6.07, 6.45) is 3.76. The summed E-state index contributed by atoms with van der Waals surface area (Å²) < 4.78 is 11.5. The molecule has 0 fully saturated rings. The molecular formula is C23H21O2. The van der Waals surface area contributed by atoms with E-state index in [1.807, 2.05) is 54.6 Å². The molecule has 0 unspecified atom stereocenters. The Kier molecular flexibility index (Phi) is 5.53. The Bertz CT molecular complexity index is 851. The van der Waals surface area contributed by atoms with Crippen LogP contribution in [0.15, 0.2) is 78.9 Å². The van der Waals surface area contributed by atoms with Crippen molar-refractivity contribution in [2.45, 2.75) is 6.61 Å². The monoisotopic (exact) mass is 329 g/mol. The van der Waals surface area contributed by atoms with Gasteiger partial charge in [0.1, 0.15) is 18.1 Å². The van der Waals surface area contributed by atoms with Crippen molar-refractivity contribution in [2.24, 2.45) is 0 Å². The van der Waals surface area contributed by atoms with E-state index in [0.717, 1.165) is 33.8 Å². The molecule has 2 heteroatoms. The second-order valence-electron chi connectivity index (χ2n) is 5.66. The fourth-order valence-electron chi connectivity index (χ4n) is 2.66. The van der Waals surface area contributed by atoms with Crippen LogP contribution < -0.4 is 9.47 Å². The highest BCUT2D eigenvalue weighted by Gasteiger charge is 2.09. The molecule has 3 rings (SSSR count). The smallest absolute Gasteiger partial charge is 0.127 e. The molecule has 0 N–H and O–H groups in total. The van der Waals surface area contributed by atoms with Crippen molar-refractivity contribution >= 4 is 6.08 Å². The first kappa shape index (κ1) is 16.8. The van der Waals surface area contributed by atoms with Gasteiger partial charge in [0.25, 0.3) is 0 Å². The van der Waals surface area contributed by atoms with Crippen molar-refractivity contribution in [3.8, 4) is 22.6 Å². The maximum absolute atomic E-state index is 6.10. The molecule has 0 aromatic heterocycles. The van der Waals surface area contributed by atoms with Crippen LogP contribution in [0.5, 0.6) is 11.5 Å². The minimum absolute atomic E-state index is 0.530. The standard InChI is InChI=1S/C23H21O2/c1-3-8-18-13-14-23(25-17-19-9-5-4-6-10-19)22(15-18)20-11-7-12-21(16-20)24-2/h3-16H,1,17H2,2H3. The van der Waals surface area contributed by atoms with Gasteiger partial charge in [0, 0.05) is 5.56 Å². The van der Waals surface area contributed by atoms with Crippen LogP contribution >= 0.6 is 0 Å². The number of allylic oxidation sites excluding steroid dienone is 1. The van der Waals surface area contributed by atoms with Gasteiger partial charge in [-0.15, -0.1) is 0 Å². The molecule has 0 atom stereocenters. The molecule has 0 saturated carbocycles. The normalized spacial score (nSPS) is 10.8. The van der Waals surface area contributed by atoms with Crippen molar-refractivity contribution < 1.29 is 9.47 Å². The van der Waals surface area contributed by atoms with Gasteiger partial charge in [-0.3, -0.25) is 0 Å². The van der Waals surface area contributed by atoms with Gasteiger partial charge < -0.3 is 9.47 Å². The topological polar surface area (TPSA) is 18.5 Å². The lowest BCUT2D eigenvalue weighted by Gasteiger charge is -2.14. The molecule has 0 aliphatic rings. The number of ether oxygens (including phenoxy) is 2. The third-order valence-corrected chi connectivity index (χ3v) is 3.93. The Balaban J connectivity index is 1.96. The van der Waals surface area contributed by atoms with Crippen LogP contribution in [0.2, 0.25) is 0 Å². The zero-order chi connectivity index (χ0) is 17.5. The Labute approximate surface area is 149 Å². The van der Waals surface area contributed by atoms with Crippen molar-refractivity contribution in [1.29, 1.82) is 0 Å². The molecule has 3 aromatic carbocycles. The Hall–Kier alpha value is -3.00. The van der Waals surface area contributed by atoms with Gasteiger partial charge in [-0.1, -0.05) is 60.7 Å². The van der Waals surface area contributed by atoms with E-state index in [-0.39, 0.29) is 0 Å². The quantitative estimate of drug-likeness (QED) is 0.570. The molecule has 0 aliphatic heterocycles. The summed E-state index contributed by atoms with van der Waals surface area (Å²) >= 11 is 0. The van der Waals surface area contributed by atoms with Gasteiger partial charge in [0.15, 0.2) is 0 Å². The largest absolute Gasteiger partial charge is 0.497 e. The SMILES string of the molecule is [CH2]C=Cc1ccc(OCc2ccccc2)c(-c2cccc(OC)c2)c1. The van der Waals surface area contributed by atoms with Gasteiger partial charge in [-0.2, -0.15) is 0 Å². The fourth-order valence-corrected chi connectivity index (χ4v) is 2.66. The summed E-state index contributed by atoms with van der Waals surface area (Å²) in [4.78, 5) is 0. The van der Waals surface area contributed by atoms with Gasteiger partial charge in [0.05, 0.1) is 7.11 Å². The van der Waals surface area contributed by atoms with Crippen molar-refractivity contribution in [3.05, 3.63) is 96.9 Å². The first-order valence-corrected chi connectivity index (χ1v) is 8.21. The molecule has 0 spiro atoms. The van der Waals surface area contributed by atoms with E-state index in [0.29, 0.717) is 6.61 Å². The first-order valence-electron chi connectivity index (χ1n) is 8.21. The molecule has 1 radical (unpaired) electrons. The minimum atomic E-state index is 0.530. The lowest BCUT2D eigenvalue weighted by Crippen LogP contribution is -1.97. The molecule has 2 nitrogen and oxygen atoms in total. The van der Waals surface area contributed by atoms with E-state index in [1.54, 1.807) is 13.2 Å². The average Bonchev–Trinajstić information content (AvgIpc) is 2.68. The lowest BCUT2D eigenvalue weighted by atomic mass is 10.0. The zero-order valence-electron chi connectivity index (χ0n) is 14.3. The van der Waals surface area contributed by atoms with Crippen molar-refractivity contribution in [1.82, 2.24) is 0 Å². The number of hydrogen-bond donors (Lipinski definition) is 0. The van der Waals surface area contributed by atoms with E-state index in [2.05, 4.69) is 31.2 Å². The van der Waals surface area contributed by atoms with Gasteiger partial charge >= 0.3 is 0 Å². The average molecular weight is 329 g/mol. The Morgan fingerprint density at radius 3 is 2.52 bits per heavy atom. The van der Waals surface area contributed by atoms with Crippen molar-refractivity contribution in [3.63, 3.8) is 0 Å². The van der Waals surface area contributed by atoms with E-state index >= 15 is 0 Å². The van der Waals surface area contributed by atoms with Crippen LogP contribution in [0.25, 0.3) is 17.2 Å². The third-order valence-electron chi connectivity index (χ3n) is 3.93. The fraction of sp³-hybridized carbons (Fsp3) is 0.0870. The summed E-state index contributed by atoms with van der Waals surface area (Å²) in [6.45, 7) is 4.31. The number of methoxy groups -OCH3 is 1. The van der Waals surface area contributed by atoms with Crippen molar-refractivity contribution in [2.75, 3.05) is 7.11 Å². The van der Waals surface area contributed by atoms with E-state index in [9.17, 15) is 0 Å². The molecule has 0 bridgehead atoms. The van der Waals surface area contributed by atoms with E-state index in [1.165, 1.54) is 0 Å². The van der Waals surface area contributed by atoms with Gasteiger partial charge in [0.2, 0.25) is 0 Å². The van der Waals surface area contributed by atoms with E-state index in [4.69, 9.17) is 9.47 Å². The maximum atomic E-state index is 6.10. The summed E-state index contributed by atoms with van der Waals surface area (Å²) in [5.41, 5.74) is 4.31. The van der Waals surface area contributed by atoms with Crippen LogP contribution in [0.3, 0.4) is 0 Å². The molecule has 0 heterocycles. The van der Waals surface area contributed by atoms with Crippen LogP contribution in [0.1, 0.15) is 11.1 Å². The van der Waals surface area contributed by atoms with Gasteiger partial charge in [-0.05, 0) is 47.9 Å². The lowest BCUT2D eigenvalue weighted by molar-refractivity contribution is 0.307. The molecule has 125 valence electrons. The molecule has 0 amide bonds. The maximum Gasteiger partial charge on any atom is 0.127 e. The Morgan fingerprint density at radius 2 is 1.76 bits per heavy atom. The number of benzene rings is 3. The number of rotatable bonds is 6. The summed E-state index contributed by atoms with van der Waals surface area (Å²) in [6, 6.07) is 24.3. The second-order valence-corrected chi connectivity index (χ2v) is 5.66.